The smallest absolute Gasteiger partial charge is 0.319 e. The molecule has 29 heavy (non-hydrogen) atoms. The standard InChI is InChI=1S/C21H22ClN5O2/c1-13-15-4-3-5-18(16(15)8-10-23-13)25-21(28)24-14-9-11-27(12-14)19-7-6-17(22)20(26-19)29-2/h3-8,10,14H,9,11-12H2,1-2H3,(H2,24,25,28). The van der Waals surface area contributed by atoms with Crippen LogP contribution >= 0.6 is 11.6 Å². The van der Waals surface area contributed by atoms with Crippen LogP contribution in [0.2, 0.25) is 5.02 Å². The van der Waals surface area contributed by atoms with Crippen LogP contribution in [0.15, 0.2) is 42.6 Å². The van der Waals surface area contributed by atoms with Crippen LogP contribution in [0.3, 0.4) is 0 Å². The van der Waals surface area contributed by atoms with Gasteiger partial charge < -0.3 is 20.3 Å². The second-order valence-corrected chi connectivity index (χ2v) is 7.39. The number of halogens is 1. The molecule has 1 unspecified atom stereocenters. The summed E-state index contributed by atoms with van der Waals surface area (Å²) in [5, 5.41) is 8.50. The van der Waals surface area contributed by atoms with Crippen LogP contribution in [0, 0.1) is 6.92 Å². The topological polar surface area (TPSA) is 79.4 Å². The van der Waals surface area contributed by atoms with Gasteiger partial charge in [-0.3, -0.25) is 4.98 Å². The van der Waals surface area contributed by atoms with Gasteiger partial charge in [0.2, 0.25) is 5.88 Å². The van der Waals surface area contributed by atoms with Crippen molar-refractivity contribution >= 4 is 39.9 Å². The Morgan fingerprint density at radius 3 is 2.93 bits per heavy atom. The summed E-state index contributed by atoms with van der Waals surface area (Å²) in [5.74, 6) is 1.19. The Balaban J connectivity index is 1.41. The first-order valence-corrected chi connectivity index (χ1v) is 9.80. The summed E-state index contributed by atoms with van der Waals surface area (Å²) in [7, 11) is 1.54. The van der Waals surface area contributed by atoms with Gasteiger partial charge in [-0.15, -0.1) is 0 Å². The van der Waals surface area contributed by atoms with Gasteiger partial charge in [0.05, 0.1) is 12.8 Å². The van der Waals surface area contributed by atoms with Crippen molar-refractivity contribution in [3.8, 4) is 5.88 Å². The minimum atomic E-state index is -0.222. The van der Waals surface area contributed by atoms with Gasteiger partial charge in [-0.2, -0.15) is 4.98 Å². The predicted molar refractivity (Wildman–Crippen MR) is 115 cm³/mol. The van der Waals surface area contributed by atoms with Crippen molar-refractivity contribution in [2.45, 2.75) is 19.4 Å². The van der Waals surface area contributed by atoms with Crippen molar-refractivity contribution in [3.63, 3.8) is 0 Å². The fourth-order valence-corrected chi connectivity index (χ4v) is 3.81. The van der Waals surface area contributed by atoms with Gasteiger partial charge in [0.1, 0.15) is 10.8 Å². The Morgan fingerprint density at radius 2 is 2.10 bits per heavy atom. The molecule has 1 fully saturated rings. The highest BCUT2D eigenvalue weighted by Gasteiger charge is 2.25. The number of aryl methyl sites for hydroxylation is 1. The number of hydrogen-bond acceptors (Lipinski definition) is 5. The fraction of sp³-hybridized carbons (Fsp3) is 0.286. The second-order valence-electron chi connectivity index (χ2n) is 6.99. The zero-order valence-corrected chi connectivity index (χ0v) is 17.0. The highest BCUT2D eigenvalue weighted by atomic mass is 35.5. The van der Waals surface area contributed by atoms with Gasteiger partial charge in [-0.1, -0.05) is 23.7 Å². The zero-order chi connectivity index (χ0) is 20.4. The zero-order valence-electron chi connectivity index (χ0n) is 16.3. The minimum absolute atomic E-state index is 0.0249. The number of rotatable bonds is 4. The molecule has 0 saturated carbocycles. The molecule has 1 aromatic carbocycles. The Hall–Kier alpha value is -3.06. The molecule has 0 spiro atoms. The molecule has 1 aliphatic rings. The Kier molecular flexibility index (Phi) is 5.40. The van der Waals surface area contributed by atoms with Crippen molar-refractivity contribution in [2.24, 2.45) is 0 Å². The van der Waals surface area contributed by atoms with Crippen molar-refractivity contribution in [3.05, 3.63) is 53.3 Å². The van der Waals surface area contributed by atoms with E-state index in [2.05, 4.69) is 25.5 Å². The largest absolute Gasteiger partial charge is 0.480 e. The predicted octanol–water partition coefficient (Wildman–Crippen LogP) is 4.00. The average Bonchev–Trinajstić information content (AvgIpc) is 3.17. The molecular formula is C21H22ClN5O2. The number of hydrogen-bond donors (Lipinski definition) is 2. The molecule has 150 valence electrons. The third-order valence-corrected chi connectivity index (χ3v) is 5.38. The summed E-state index contributed by atoms with van der Waals surface area (Å²) in [5.41, 5.74) is 1.70. The summed E-state index contributed by atoms with van der Waals surface area (Å²) in [6, 6.07) is 11.2. The third kappa shape index (κ3) is 4.05. The normalized spacial score (nSPS) is 16.1. The quantitative estimate of drug-likeness (QED) is 0.678. The molecule has 0 radical (unpaired) electrons. The van der Waals surface area contributed by atoms with Crippen LogP contribution in [0.25, 0.3) is 10.8 Å². The Labute approximate surface area is 174 Å². The lowest BCUT2D eigenvalue weighted by atomic mass is 10.1. The minimum Gasteiger partial charge on any atom is -0.480 e. The number of nitrogens with one attached hydrogen (secondary N) is 2. The van der Waals surface area contributed by atoms with E-state index in [-0.39, 0.29) is 12.1 Å². The molecule has 0 bridgehead atoms. The number of methoxy groups -OCH3 is 1. The fourth-order valence-electron chi connectivity index (χ4n) is 3.63. The number of nitrogens with zero attached hydrogens (tertiary/aromatic N) is 3. The number of benzene rings is 1. The number of amides is 2. The highest BCUT2D eigenvalue weighted by Crippen LogP contribution is 2.27. The molecule has 3 heterocycles. The second kappa shape index (κ2) is 8.13. The van der Waals surface area contributed by atoms with E-state index < -0.39 is 0 Å². The molecule has 1 saturated heterocycles. The molecule has 0 aliphatic carbocycles. The van der Waals surface area contributed by atoms with Crippen LogP contribution in [-0.2, 0) is 0 Å². The van der Waals surface area contributed by atoms with Gasteiger partial charge in [0.25, 0.3) is 0 Å². The summed E-state index contributed by atoms with van der Waals surface area (Å²) < 4.78 is 5.19. The molecule has 8 heteroatoms. The van der Waals surface area contributed by atoms with Gasteiger partial charge in [0.15, 0.2) is 0 Å². The van der Waals surface area contributed by atoms with Crippen molar-refractivity contribution in [1.82, 2.24) is 15.3 Å². The number of urea groups is 1. The summed E-state index contributed by atoms with van der Waals surface area (Å²) in [4.78, 5) is 23.4. The summed E-state index contributed by atoms with van der Waals surface area (Å²) in [6.07, 6.45) is 2.58. The number of carbonyl (C=O) groups is 1. The van der Waals surface area contributed by atoms with Gasteiger partial charge in [-0.05, 0) is 37.6 Å². The first-order valence-electron chi connectivity index (χ1n) is 9.42. The molecule has 7 nitrogen and oxygen atoms in total. The van der Waals surface area contributed by atoms with Crippen LogP contribution in [-0.4, -0.2) is 42.2 Å². The molecule has 2 N–H and O–H groups in total. The molecule has 2 amide bonds. The highest BCUT2D eigenvalue weighted by molar-refractivity contribution is 6.31. The maximum atomic E-state index is 12.6. The van der Waals surface area contributed by atoms with Crippen LogP contribution in [0.1, 0.15) is 12.1 Å². The molecule has 3 aromatic rings. The number of pyridine rings is 2. The number of aromatic nitrogens is 2. The lowest BCUT2D eigenvalue weighted by Gasteiger charge is -2.19. The molecule has 2 aromatic heterocycles. The summed E-state index contributed by atoms with van der Waals surface area (Å²) >= 11 is 6.05. The molecular weight excluding hydrogens is 390 g/mol. The van der Waals surface area contributed by atoms with E-state index in [0.29, 0.717) is 17.4 Å². The maximum Gasteiger partial charge on any atom is 0.319 e. The Bertz CT molecular complexity index is 1060. The monoisotopic (exact) mass is 411 g/mol. The van der Waals surface area contributed by atoms with E-state index >= 15 is 0 Å². The molecule has 4 rings (SSSR count). The van der Waals surface area contributed by atoms with E-state index in [1.807, 2.05) is 37.3 Å². The van der Waals surface area contributed by atoms with Crippen molar-refractivity contribution in [2.75, 3.05) is 30.4 Å². The lowest BCUT2D eigenvalue weighted by Crippen LogP contribution is -2.39. The number of carbonyl (C=O) groups excluding carboxylic acids is 1. The SMILES string of the molecule is COc1nc(N2CCC(NC(=O)Nc3cccc4c(C)nccc34)C2)ccc1Cl. The van der Waals surface area contributed by atoms with Gasteiger partial charge in [0, 0.05) is 41.8 Å². The number of ether oxygens (including phenoxy) is 1. The summed E-state index contributed by atoms with van der Waals surface area (Å²) in [6.45, 7) is 3.42. The molecule has 1 atom stereocenters. The van der Waals surface area contributed by atoms with E-state index in [1.54, 1.807) is 19.4 Å². The number of fused-ring (bicyclic) bond motifs is 1. The molecule has 1 aliphatic heterocycles. The Morgan fingerprint density at radius 1 is 1.24 bits per heavy atom. The lowest BCUT2D eigenvalue weighted by molar-refractivity contribution is 0.249. The van der Waals surface area contributed by atoms with Crippen molar-refractivity contribution < 1.29 is 9.53 Å². The third-order valence-electron chi connectivity index (χ3n) is 5.09. The maximum absolute atomic E-state index is 12.6. The van der Waals surface area contributed by atoms with Gasteiger partial charge >= 0.3 is 6.03 Å². The first-order chi connectivity index (χ1) is 14.0. The van der Waals surface area contributed by atoms with Crippen molar-refractivity contribution in [1.29, 1.82) is 0 Å². The van der Waals surface area contributed by atoms with E-state index in [1.165, 1.54) is 0 Å². The number of anilines is 2. The van der Waals surface area contributed by atoms with Gasteiger partial charge in [-0.25, -0.2) is 4.79 Å². The van der Waals surface area contributed by atoms with Crippen LogP contribution in [0.4, 0.5) is 16.3 Å². The van der Waals surface area contributed by atoms with Crippen LogP contribution < -0.4 is 20.3 Å². The van der Waals surface area contributed by atoms with E-state index in [0.717, 1.165) is 40.9 Å². The average molecular weight is 412 g/mol. The van der Waals surface area contributed by atoms with Crippen LogP contribution in [0.5, 0.6) is 5.88 Å². The van der Waals surface area contributed by atoms with E-state index in [4.69, 9.17) is 16.3 Å². The first kappa shape index (κ1) is 19.3. The van der Waals surface area contributed by atoms with E-state index in [9.17, 15) is 4.79 Å².